The number of likely N-dealkylation sites (N-methyl/N-ethyl adjacent to an activating group) is 1. The number of nitrogens with two attached hydrogens (primary N) is 1. The quantitative estimate of drug-likeness (QED) is 0.482. The molecule has 0 aliphatic carbocycles. The highest BCUT2D eigenvalue weighted by molar-refractivity contribution is 5.94. The zero-order chi connectivity index (χ0) is 24.5. The SMILES string of the molecule is CNC(=O)c1cc(CCc2cnc(N/C(C=N[C@H]3CCCN(C)C3)=C/N)nc2)c(F)c(OC)c1. The highest BCUT2D eigenvalue weighted by atomic mass is 19.1. The van der Waals surface area contributed by atoms with Crippen molar-refractivity contribution in [1.29, 1.82) is 0 Å². The summed E-state index contributed by atoms with van der Waals surface area (Å²) in [5.41, 5.74) is 7.90. The lowest BCUT2D eigenvalue weighted by Crippen LogP contribution is -2.34. The summed E-state index contributed by atoms with van der Waals surface area (Å²) in [5, 5.41) is 5.60. The van der Waals surface area contributed by atoms with Gasteiger partial charge in [0.2, 0.25) is 5.95 Å². The molecule has 34 heavy (non-hydrogen) atoms. The van der Waals surface area contributed by atoms with Crippen molar-refractivity contribution in [3.05, 3.63) is 58.9 Å². The normalized spacial score (nSPS) is 17.1. The van der Waals surface area contributed by atoms with E-state index in [2.05, 4.69) is 37.5 Å². The molecule has 9 nitrogen and oxygen atoms in total. The molecule has 182 valence electrons. The Hall–Kier alpha value is -3.53. The van der Waals surface area contributed by atoms with Gasteiger partial charge in [0, 0.05) is 44.0 Å². The van der Waals surface area contributed by atoms with Gasteiger partial charge in [-0.2, -0.15) is 0 Å². The van der Waals surface area contributed by atoms with Gasteiger partial charge in [-0.1, -0.05) is 0 Å². The topological polar surface area (TPSA) is 118 Å². The predicted molar refractivity (Wildman–Crippen MR) is 131 cm³/mol. The van der Waals surface area contributed by atoms with Crippen LogP contribution in [0.25, 0.3) is 0 Å². The zero-order valence-electron chi connectivity index (χ0n) is 19.8. The average molecular weight is 470 g/mol. The smallest absolute Gasteiger partial charge is 0.251 e. The molecule has 0 radical (unpaired) electrons. The number of halogens is 1. The second-order valence-electron chi connectivity index (χ2n) is 8.23. The molecule has 0 unspecified atom stereocenters. The van der Waals surface area contributed by atoms with Crippen molar-refractivity contribution in [3.63, 3.8) is 0 Å². The Morgan fingerprint density at radius 3 is 2.76 bits per heavy atom. The first-order chi connectivity index (χ1) is 16.4. The van der Waals surface area contributed by atoms with Crippen molar-refractivity contribution in [2.75, 3.05) is 39.6 Å². The summed E-state index contributed by atoms with van der Waals surface area (Å²) in [5.74, 6) is -0.353. The lowest BCUT2D eigenvalue weighted by molar-refractivity contribution is 0.0962. The minimum absolute atomic E-state index is 0.0366. The molecule has 4 N–H and O–H groups in total. The molecule has 0 saturated carbocycles. The third-order valence-corrected chi connectivity index (χ3v) is 5.67. The van der Waals surface area contributed by atoms with Crippen molar-refractivity contribution in [2.24, 2.45) is 10.7 Å². The van der Waals surface area contributed by atoms with E-state index in [1.165, 1.54) is 32.5 Å². The van der Waals surface area contributed by atoms with E-state index in [9.17, 15) is 9.18 Å². The molecule has 1 aliphatic rings. The molecule has 1 aromatic carbocycles. The summed E-state index contributed by atoms with van der Waals surface area (Å²) in [7, 11) is 4.99. The number of amides is 1. The van der Waals surface area contributed by atoms with E-state index >= 15 is 0 Å². The molecule has 10 heteroatoms. The number of hydrogen-bond donors (Lipinski definition) is 3. The van der Waals surface area contributed by atoms with Crippen molar-refractivity contribution in [3.8, 4) is 5.75 Å². The van der Waals surface area contributed by atoms with Crippen LogP contribution >= 0.6 is 0 Å². The lowest BCUT2D eigenvalue weighted by Gasteiger charge is -2.27. The van der Waals surface area contributed by atoms with Gasteiger partial charge >= 0.3 is 0 Å². The molecule has 1 aromatic heterocycles. The van der Waals surface area contributed by atoms with Gasteiger partial charge in [0.25, 0.3) is 5.91 Å². The van der Waals surface area contributed by atoms with Gasteiger partial charge in [-0.3, -0.25) is 9.79 Å². The van der Waals surface area contributed by atoms with Crippen LogP contribution in [0.15, 0.2) is 41.4 Å². The number of ether oxygens (including phenoxy) is 1. The van der Waals surface area contributed by atoms with E-state index in [4.69, 9.17) is 10.5 Å². The number of methoxy groups -OCH3 is 1. The van der Waals surface area contributed by atoms with Crippen LogP contribution in [-0.4, -0.2) is 67.3 Å². The van der Waals surface area contributed by atoms with Crippen molar-refractivity contribution in [2.45, 2.75) is 31.7 Å². The standard InChI is InChI=1S/C24H32FN7O2/c1-27-23(33)18-9-17(22(25)21(10-18)34-3)7-6-16-12-29-24(30-13-16)31-20(11-26)14-28-19-5-4-8-32(2)15-19/h9-14,19H,4-8,15,26H2,1-3H3,(H,27,33)(H,29,30,31)/b20-11+,28-14?/t19-/m0/s1. The van der Waals surface area contributed by atoms with Gasteiger partial charge in [-0.25, -0.2) is 14.4 Å². The fourth-order valence-electron chi connectivity index (χ4n) is 3.78. The van der Waals surface area contributed by atoms with Crippen LogP contribution in [0.4, 0.5) is 10.3 Å². The fraction of sp³-hybridized carbons (Fsp3) is 0.417. The summed E-state index contributed by atoms with van der Waals surface area (Å²) in [6.07, 6.45) is 9.54. The number of benzene rings is 1. The van der Waals surface area contributed by atoms with Gasteiger partial charge < -0.3 is 26.0 Å². The molecule has 1 aliphatic heterocycles. The molecule has 1 atom stereocenters. The highest BCUT2D eigenvalue weighted by Crippen LogP contribution is 2.24. The number of nitrogens with one attached hydrogen (secondary N) is 2. The Kier molecular flexibility index (Phi) is 8.92. The Labute approximate surface area is 199 Å². The highest BCUT2D eigenvalue weighted by Gasteiger charge is 2.16. The van der Waals surface area contributed by atoms with Crippen molar-refractivity contribution in [1.82, 2.24) is 20.2 Å². The predicted octanol–water partition coefficient (Wildman–Crippen LogP) is 2.15. The third kappa shape index (κ3) is 6.74. The van der Waals surface area contributed by atoms with Crippen LogP contribution in [0.5, 0.6) is 5.75 Å². The van der Waals surface area contributed by atoms with Crippen LogP contribution in [0.2, 0.25) is 0 Å². The second-order valence-corrected chi connectivity index (χ2v) is 8.23. The Morgan fingerprint density at radius 2 is 2.12 bits per heavy atom. The zero-order valence-corrected chi connectivity index (χ0v) is 19.8. The number of aryl methyl sites for hydroxylation is 2. The number of anilines is 1. The number of aromatic nitrogens is 2. The first kappa shape index (κ1) is 25.1. The molecule has 1 amide bonds. The maximum absolute atomic E-state index is 14.7. The summed E-state index contributed by atoms with van der Waals surface area (Å²) >= 11 is 0. The van der Waals surface area contributed by atoms with Crippen LogP contribution in [0.3, 0.4) is 0 Å². The molecule has 0 bridgehead atoms. The molecule has 0 spiro atoms. The van der Waals surface area contributed by atoms with Crippen LogP contribution in [0, 0.1) is 5.82 Å². The maximum atomic E-state index is 14.7. The van der Waals surface area contributed by atoms with Crippen LogP contribution in [-0.2, 0) is 12.8 Å². The number of carbonyl (C=O) groups excluding carboxylic acids is 1. The molecular formula is C24H32FN7O2. The Balaban J connectivity index is 1.61. The number of carbonyl (C=O) groups is 1. The Bertz CT molecular complexity index is 1040. The summed E-state index contributed by atoms with van der Waals surface area (Å²) < 4.78 is 19.8. The molecular weight excluding hydrogens is 437 g/mol. The number of rotatable bonds is 9. The monoisotopic (exact) mass is 469 g/mol. The first-order valence-electron chi connectivity index (χ1n) is 11.2. The van der Waals surface area contributed by atoms with Crippen molar-refractivity contribution >= 4 is 18.1 Å². The van der Waals surface area contributed by atoms with Crippen LogP contribution in [0.1, 0.15) is 34.3 Å². The fourth-order valence-corrected chi connectivity index (χ4v) is 3.78. The number of piperidine rings is 1. The number of likely N-dealkylation sites (tertiary alicyclic amines) is 1. The first-order valence-corrected chi connectivity index (χ1v) is 11.2. The number of nitrogens with zero attached hydrogens (tertiary/aromatic N) is 4. The largest absolute Gasteiger partial charge is 0.494 e. The van der Waals surface area contributed by atoms with Gasteiger partial charge in [-0.15, -0.1) is 0 Å². The summed E-state index contributed by atoms with van der Waals surface area (Å²) in [6.45, 7) is 2.03. The van der Waals surface area contributed by atoms with Crippen molar-refractivity contribution < 1.29 is 13.9 Å². The number of allylic oxidation sites excluding steroid dienone is 1. The molecule has 1 fully saturated rings. The third-order valence-electron chi connectivity index (χ3n) is 5.67. The summed E-state index contributed by atoms with van der Waals surface area (Å²) in [6, 6.07) is 3.18. The second kappa shape index (κ2) is 12.1. The van der Waals surface area contributed by atoms with E-state index in [1.54, 1.807) is 18.6 Å². The lowest BCUT2D eigenvalue weighted by atomic mass is 10.0. The minimum atomic E-state index is -0.476. The van der Waals surface area contributed by atoms with Gasteiger partial charge in [0.15, 0.2) is 11.6 Å². The average Bonchev–Trinajstić information content (AvgIpc) is 2.86. The van der Waals surface area contributed by atoms with E-state index in [1.807, 2.05) is 0 Å². The van der Waals surface area contributed by atoms with Crippen LogP contribution < -0.4 is 21.1 Å². The van der Waals surface area contributed by atoms with E-state index in [0.717, 1.165) is 31.5 Å². The summed E-state index contributed by atoms with van der Waals surface area (Å²) in [4.78, 5) is 27.5. The molecule has 1 saturated heterocycles. The molecule has 2 aromatic rings. The van der Waals surface area contributed by atoms with E-state index in [0.29, 0.717) is 35.6 Å². The van der Waals surface area contributed by atoms with Gasteiger partial charge in [0.1, 0.15) is 0 Å². The minimum Gasteiger partial charge on any atom is -0.494 e. The van der Waals surface area contributed by atoms with E-state index in [-0.39, 0.29) is 17.7 Å². The van der Waals surface area contributed by atoms with Gasteiger partial charge in [-0.05, 0) is 62.5 Å². The maximum Gasteiger partial charge on any atom is 0.251 e. The molecule has 3 rings (SSSR count). The Morgan fingerprint density at radius 1 is 1.35 bits per heavy atom. The van der Waals surface area contributed by atoms with Gasteiger partial charge in [0.05, 0.1) is 18.8 Å². The van der Waals surface area contributed by atoms with E-state index < -0.39 is 5.82 Å². The number of hydrogen-bond acceptors (Lipinski definition) is 8. The molecule has 2 heterocycles. The number of aliphatic imine (C=N–C) groups is 1.